The van der Waals surface area contributed by atoms with Crippen LogP contribution in [0.5, 0.6) is 0 Å². The van der Waals surface area contributed by atoms with Gasteiger partial charge in [-0.25, -0.2) is 0 Å². The SMILES string of the molecule is CCCCCCCC(C)N(CC)CCC. The van der Waals surface area contributed by atoms with Crippen LogP contribution in [-0.4, -0.2) is 24.0 Å². The van der Waals surface area contributed by atoms with Crippen LogP contribution in [0.3, 0.4) is 0 Å². The molecule has 0 amide bonds. The van der Waals surface area contributed by atoms with Crippen molar-refractivity contribution < 1.29 is 0 Å². The molecule has 0 aromatic carbocycles. The maximum absolute atomic E-state index is 2.61. The minimum Gasteiger partial charge on any atom is -0.301 e. The first-order chi connectivity index (χ1) is 7.26. The van der Waals surface area contributed by atoms with Gasteiger partial charge in [0.25, 0.3) is 0 Å². The standard InChI is InChI=1S/C14H31N/c1-5-8-9-10-11-12-14(4)15(7-3)13-6-2/h14H,5-13H2,1-4H3. The highest BCUT2D eigenvalue weighted by atomic mass is 15.1. The molecule has 0 rings (SSSR count). The maximum Gasteiger partial charge on any atom is 0.00668 e. The van der Waals surface area contributed by atoms with Crippen LogP contribution in [-0.2, 0) is 0 Å². The molecule has 0 bridgehead atoms. The van der Waals surface area contributed by atoms with Crippen molar-refractivity contribution in [3.63, 3.8) is 0 Å². The Morgan fingerprint density at radius 1 is 0.867 bits per heavy atom. The summed E-state index contributed by atoms with van der Waals surface area (Å²) >= 11 is 0. The van der Waals surface area contributed by atoms with Crippen LogP contribution >= 0.6 is 0 Å². The average Bonchev–Trinajstić information content (AvgIpc) is 2.25. The van der Waals surface area contributed by atoms with E-state index in [2.05, 4.69) is 32.6 Å². The zero-order chi connectivity index (χ0) is 11.5. The third kappa shape index (κ3) is 7.84. The van der Waals surface area contributed by atoms with Gasteiger partial charge in [-0.15, -0.1) is 0 Å². The van der Waals surface area contributed by atoms with E-state index in [1.807, 2.05) is 0 Å². The van der Waals surface area contributed by atoms with E-state index < -0.39 is 0 Å². The lowest BCUT2D eigenvalue weighted by Gasteiger charge is -2.27. The lowest BCUT2D eigenvalue weighted by molar-refractivity contribution is 0.206. The van der Waals surface area contributed by atoms with E-state index >= 15 is 0 Å². The van der Waals surface area contributed by atoms with Crippen molar-refractivity contribution >= 4 is 0 Å². The first kappa shape index (κ1) is 15.0. The summed E-state index contributed by atoms with van der Waals surface area (Å²) in [5, 5.41) is 0. The average molecular weight is 213 g/mol. The highest BCUT2D eigenvalue weighted by molar-refractivity contribution is 4.65. The topological polar surface area (TPSA) is 3.24 Å². The van der Waals surface area contributed by atoms with Crippen LogP contribution in [0.15, 0.2) is 0 Å². The Labute approximate surface area is 97.2 Å². The Kier molecular flexibility index (Phi) is 10.4. The molecule has 0 aromatic rings. The second-order valence-electron chi connectivity index (χ2n) is 4.68. The van der Waals surface area contributed by atoms with Gasteiger partial charge in [0.05, 0.1) is 0 Å². The van der Waals surface area contributed by atoms with E-state index in [4.69, 9.17) is 0 Å². The number of hydrogen-bond donors (Lipinski definition) is 0. The number of hydrogen-bond acceptors (Lipinski definition) is 1. The highest BCUT2D eigenvalue weighted by Crippen LogP contribution is 2.11. The summed E-state index contributed by atoms with van der Waals surface area (Å²) in [6.07, 6.45) is 9.73. The molecule has 1 unspecified atom stereocenters. The van der Waals surface area contributed by atoms with Gasteiger partial charge in [-0.1, -0.05) is 52.9 Å². The molecule has 0 spiro atoms. The van der Waals surface area contributed by atoms with Crippen LogP contribution < -0.4 is 0 Å². The van der Waals surface area contributed by atoms with E-state index in [-0.39, 0.29) is 0 Å². The van der Waals surface area contributed by atoms with Crippen molar-refractivity contribution in [1.82, 2.24) is 4.90 Å². The zero-order valence-electron chi connectivity index (χ0n) is 11.4. The number of nitrogens with zero attached hydrogens (tertiary/aromatic N) is 1. The van der Waals surface area contributed by atoms with Gasteiger partial charge in [-0.3, -0.25) is 0 Å². The maximum atomic E-state index is 2.61. The van der Waals surface area contributed by atoms with E-state index in [9.17, 15) is 0 Å². The zero-order valence-corrected chi connectivity index (χ0v) is 11.4. The Morgan fingerprint density at radius 3 is 2.07 bits per heavy atom. The monoisotopic (exact) mass is 213 g/mol. The Bertz CT molecular complexity index is 123. The third-order valence-corrected chi connectivity index (χ3v) is 3.27. The molecule has 0 aliphatic rings. The van der Waals surface area contributed by atoms with Crippen molar-refractivity contribution in [3.8, 4) is 0 Å². The van der Waals surface area contributed by atoms with E-state index in [0.29, 0.717) is 0 Å². The third-order valence-electron chi connectivity index (χ3n) is 3.27. The summed E-state index contributed by atoms with van der Waals surface area (Å²) in [7, 11) is 0. The molecular formula is C14H31N. The molecule has 0 radical (unpaired) electrons. The Hall–Kier alpha value is -0.0400. The fraction of sp³-hybridized carbons (Fsp3) is 1.00. The van der Waals surface area contributed by atoms with Gasteiger partial charge in [0.15, 0.2) is 0 Å². The smallest absolute Gasteiger partial charge is 0.00668 e. The predicted octanol–water partition coefficient (Wildman–Crippen LogP) is 4.47. The highest BCUT2D eigenvalue weighted by Gasteiger charge is 2.09. The largest absolute Gasteiger partial charge is 0.301 e. The predicted molar refractivity (Wildman–Crippen MR) is 70.4 cm³/mol. The van der Waals surface area contributed by atoms with Gasteiger partial charge < -0.3 is 4.90 Å². The van der Waals surface area contributed by atoms with E-state index in [1.165, 1.54) is 58.0 Å². The van der Waals surface area contributed by atoms with Crippen molar-refractivity contribution in [2.24, 2.45) is 0 Å². The fourth-order valence-electron chi connectivity index (χ4n) is 2.20. The van der Waals surface area contributed by atoms with Gasteiger partial charge >= 0.3 is 0 Å². The first-order valence-electron chi connectivity index (χ1n) is 7.00. The second kappa shape index (κ2) is 10.5. The molecule has 1 atom stereocenters. The van der Waals surface area contributed by atoms with Crippen molar-refractivity contribution in [1.29, 1.82) is 0 Å². The minimum absolute atomic E-state index is 0.788. The molecule has 1 nitrogen and oxygen atoms in total. The molecule has 0 saturated heterocycles. The van der Waals surface area contributed by atoms with Gasteiger partial charge in [-0.2, -0.15) is 0 Å². The van der Waals surface area contributed by atoms with Crippen LogP contribution in [0.2, 0.25) is 0 Å². The molecule has 0 heterocycles. The Balaban J connectivity index is 3.48. The molecule has 92 valence electrons. The summed E-state index contributed by atoms with van der Waals surface area (Å²) in [5.41, 5.74) is 0. The lowest BCUT2D eigenvalue weighted by Crippen LogP contribution is -2.33. The molecule has 0 aromatic heterocycles. The molecule has 0 fully saturated rings. The van der Waals surface area contributed by atoms with Crippen LogP contribution in [0, 0.1) is 0 Å². The molecule has 0 N–H and O–H groups in total. The van der Waals surface area contributed by atoms with E-state index in [1.54, 1.807) is 0 Å². The van der Waals surface area contributed by atoms with Crippen LogP contribution in [0.1, 0.15) is 72.6 Å². The lowest BCUT2D eigenvalue weighted by atomic mass is 10.1. The van der Waals surface area contributed by atoms with Crippen molar-refractivity contribution in [2.75, 3.05) is 13.1 Å². The van der Waals surface area contributed by atoms with Gasteiger partial charge in [0, 0.05) is 6.04 Å². The van der Waals surface area contributed by atoms with E-state index in [0.717, 1.165) is 6.04 Å². The quantitative estimate of drug-likeness (QED) is 0.484. The summed E-state index contributed by atoms with van der Waals surface area (Å²) in [6, 6.07) is 0.788. The molecule has 15 heavy (non-hydrogen) atoms. The molecule has 1 heteroatoms. The summed E-state index contributed by atoms with van der Waals surface area (Å²) in [6.45, 7) is 11.7. The fourth-order valence-corrected chi connectivity index (χ4v) is 2.20. The number of rotatable bonds is 10. The molecule has 0 aliphatic heterocycles. The van der Waals surface area contributed by atoms with Gasteiger partial charge in [0.2, 0.25) is 0 Å². The number of unbranched alkanes of at least 4 members (excludes halogenated alkanes) is 4. The molecule has 0 aliphatic carbocycles. The summed E-state index contributed by atoms with van der Waals surface area (Å²) < 4.78 is 0. The molecule has 0 saturated carbocycles. The van der Waals surface area contributed by atoms with Crippen molar-refractivity contribution in [3.05, 3.63) is 0 Å². The van der Waals surface area contributed by atoms with Gasteiger partial charge in [-0.05, 0) is 32.9 Å². The molecular weight excluding hydrogens is 182 g/mol. The van der Waals surface area contributed by atoms with Crippen molar-refractivity contribution in [2.45, 2.75) is 78.7 Å². The summed E-state index contributed by atoms with van der Waals surface area (Å²) in [4.78, 5) is 2.61. The Morgan fingerprint density at radius 2 is 1.53 bits per heavy atom. The summed E-state index contributed by atoms with van der Waals surface area (Å²) in [5.74, 6) is 0. The minimum atomic E-state index is 0.788. The van der Waals surface area contributed by atoms with Gasteiger partial charge in [0.1, 0.15) is 0 Å². The van der Waals surface area contributed by atoms with Crippen LogP contribution in [0.25, 0.3) is 0 Å². The second-order valence-corrected chi connectivity index (χ2v) is 4.68. The normalized spacial score (nSPS) is 13.4. The first-order valence-corrected chi connectivity index (χ1v) is 7.00. The van der Waals surface area contributed by atoms with Crippen LogP contribution in [0.4, 0.5) is 0 Å².